The molecule has 0 heterocycles. The Morgan fingerprint density at radius 2 is 1.79 bits per heavy atom. The molecule has 3 rings (SSSR count). The van der Waals surface area contributed by atoms with E-state index >= 15 is 0 Å². The number of carbonyl (C=O) groups is 1. The number of rotatable bonds is 4. The number of nitrogens with zero attached hydrogens (tertiary/aromatic N) is 2. The zero-order valence-corrected chi connectivity index (χ0v) is 20.0. The summed E-state index contributed by atoms with van der Waals surface area (Å²) in [6.45, 7) is 1.53. The number of hydrogen-bond acceptors (Lipinski definition) is 7. The first-order valence-corrected chi connectivity index (χ1v) is 9.52. The van der Waals surface area contributed by atoms with Crippen LogP contribution in [0.1, 0.15) is 15.9 Å². The molecule has 0 fully saturated rings. The predicted octanol–water partition coefficient (Wildman–Crippen LogP) is 3.51. The van der Waals surface area contributed by atoms with Crippen LogP contribution in [0, 0.1) is 6.92 Å². The largest absolute Gasteiger partial charge is 0.870 e. The van der Waals surface area contributed by atoms with E-state index in [0.717, 1.165) is 12.1 Å². The Morgan fingerprint density at radius 1 is 1.14 bits per heavy atom. The molecule has 0 spiro atoms. The zero-order chi connectivity index (χ0) is 20.6. The average Bonchev–Trinajstić information content (AvgIpc) is 2.62. The summed E-state index contributed by atoms with van der Waals surface area (Å²) >= 11 is 5.96. The zero-order valence-electron chi connectivity index (χ0n) is 14.9. The molecule has 0 amide bonds. The maximum absolute atomic E-state index is 12.5. The fourth-order valence-electron chi connectivity index (χ4n) is 2.56. The van der Waals surface area contributed by atoms with Crippen molar-refractivity contribution < 1.29 is 28.0 Å². The van der Waals surface area contributed by atoms with E-state index in [2.05, 4.69) is 10.2 Å². The fraction of sp³-hybridized carbons (Fsp3) is 0.0556. The third-order valence-electron chi connectivity index (χ3n) is 4.04. The van der Waals surface area contributed by atoms with Gasteiger partial charge in [0.05, 0.1) is 21.8 Å². The van der Waals surface area contributed by atoms with Crippen molar-refractivity contribution in [2.45, 2.75) is 11.8 Å². The molecule has 0 saturated heterocycles. The molecule has 8 nitrogen and oxygen atoms in total. The van der Waals surface area contributed by atoms with E-state index in [1.807, 2.05) is 0 Å². The second-order valence-electron chi connectivity index (χ2n) is 5.83. The van der Waals surface area contributed by atoms with Crippen LogP contribution in [-0.2, 0) is 10.1 Å². The molecule has 0 aliphatic carbocycles. The normalized spacial score (nSPS) is 11.6. The molecule has 0 aliphatic heterocycles. The molecule has 0 aliphatic rings. The number of benzene rings is 3. The van der Waals surface area contributed by atoms with Crippen molar-refractivity contribution in [2.24, 2.45) is 10.2 Å². The maximum atomic E-state index is 12.5. The van der Waals surface area contributed by atoms with E-state index in [-0.39, 0.29) is 61.9 Å². The Labute approximate surface area is 207 Å². The standard InChI is InChI=1S/C18H13ClN2O6S.Sr/c1-9-14(19)7-11(28(25,26)27)8-15(9)20-21-16-12-5-3-2-4-10(12)6-13(17(16)22)18(23)24;/h2-8,22H,1H3,(H,23,24)(H,25,26,27);/p-2. The summed E-state index contributed by atoms with van der Waals surface area (Å²) in [4.78, 5) is 10.8. The van der Waals surface area contributed by atoms with Crippen molar-refractivity contribution in [2.75, 3.05) is 0 Å². The van der Waals surface area contributed by atoms with Gasteiger partial charge < -0.3 is 14.8 Å². The first kappa shape index (κ1) is 23.7. The summed E-state index contributed by atoms with van der Waals surface area (Å²) in [6, 6.07) is 9.74. The van der Waals surface area contributed by atoms with Crippen molar-refractivity contribution in [3.8, 4) is 5.75 Å². The van der Waals surface area contributed by atoms with Crippen molar-refractivity contribution in [3.63, 3.8) is 0 Å². The van der Waals surface area contributed by atoms with Crippen molar-refractivity contribution in [3.05, 3.63) is 58.6 Å². The molecular formula is C18H11ClN2O6SSr-2. The summed E-state index contributed by atoms with van der Waals surface area (Å²) in [5.41, 5.74) is -0.394. The molecule has 29 heavy (non-hydrogen) atoms. The molecule has 0 saturated carbocycles. The van der Waals surface area contributed by atoms with Crippen LogP contribution in [0.5, 0.6) is 5.75 Å². The second kappa shape index (κ2) is 9.09. The first-order chi connectivity index (χ1) is 13.1. The minimum atomic E-state index is -4.78. The Morgan fingerprint density at radius 3 is 2.41 bits per heavy atom. The van der Waals surface area contributed by atoms with E-state index in [4.69, 9.17) is 11.6 Å². The van der Waals surface area contributed by atoms with E-state index in [1.165, 1.54) is 13.0 Å². The smallest absolute Gasteiger partial charge is 0.335 e. The minimum absolute atomic E-state index is 0. The molecule has 0 unspecified atom stereocenters. The molecule has 3 aromatic rings. The number of fused-ring (bicyclic) bond motifs is 1. The van der Waals surface area contributed by atoms with Gasteiger partial charge in [-0.2, -0.15) is 10.2 Å². The second-order valence-corrected chi connectivity index (χ2v) is 7.62. The summed E-state index contributed by atoms with van der Waals surface area (Å²) in [7, 11) is -4.78. The van der Waals surface area contributed by atoms with Gasteiger partial charge in [-0.1, -0.05) is 41.6 Å². The van der Waals surface area contributed by atoms with Gasteiger partial charge in [0, 0.05) is 55.9 Å². The van der Waals surface area contributed by atoms with Gasteiger partial charge in [-0.25, -0.2) is 13.2 Å². The Hall–Kier alpha value is -1.53. The van der Waals surface area contributed by atoms with Gasteiger partial charge in [0.15, 0.2) is 0 Å². The van der Waals surface area contributed by atoms with Crippen LogP contribution >= 0.6 is 11.6 Å². The van der Waals surface area contributed by atoms with E-state index in [1.54, 1.807) is 24.3 Å². The van der Waals surface area contributed by atoms with Crippen LogP contribution in [0.15, 0.2) is 57.6 Å². The molecule has 146 valence electrons. The number of aromatic carboxylic acids is 1. The third-order valence-corrected chi connectivity index (χ3v) is 5.25. The van der Waals surface area contributed by atoms with Gasteiger partial charge in [-0.3, -0.25) is 0 Å². The topological polar surface area (TPSA) is 142 Å². The summed E-state index contributed by atoms with van der Waals surface area (Å²) < 4.78 is 33.8. The number of carboxylic acid groups (broad SMARTS) is 1. The first-order valence-electron chi connectivity index (χ1n) is 7.73. The van der Waals surface area contributed by atoms with E-state index < -0.39 is 32.3 Å². The van der Waals surface area contributed by atoms with Gasteiger partial charge in [0.25, 0.3) is 0 Å². The fourth-order valence-corrected chi connectivity index (χ4v) is 3.36. The average molecular weight is 506 g/mol. The molecule has 11 heteroatoms. The number of hydrogen-bond donors (Lipinski definition) is 1. The molecule has 1 N–H and O–H groups in total. The molecule has 2 radical (unpaired) electrons. The number of carboxylic acids is 1. The Kier molecular flexibility index (Phi) is 7.44. The molecule has 3 aromatic carbocycles. The van der Waals surface area contributed by atoms with Crippen molar-refractivity contribution >= 4 is 95.3 Å². The van der Waals surface area contributed by atoms with Gasteiger partial charge in [0.1, 0.15) is 10.1 Å². The summed E-state index contributed by atoms with van der Waals surface area (Å²) in [6.07, 6.45) is 0. The van der Waals surface area contributed by atoms with Crippen LogP contribution in [0.3, 0.4) is 0 Å². The molecule has 0 aromatic heterocycles. The van der Waals surface area contributed by atoms with Crippen LogP contribution in [-0.4, -0.2) is 69.5 Å². The van der Waals surface area contributed by atoms with Crippen molar-refractivity contribution in [1.29, 1.82) is 0 Å². The minimum Gasteiger partial charge on any atom is -0.870 e. The quantitative estimate of drug-likeness (QED) is 0.326. The SMILES string of the molecule is Cc1c(Cl)cc(S(=O)(=O)[O-])cc1N=Nc1c([O-])c(C(=O)O)cc2ccccc12.[Sr]. The Balaban J connectivity index is 0.00000300. The summed E-state index contributed by atoms with van der Waals surface area (Å²) in [5.74, 6) is -2.25. The summed E-state index contributed by atoms with van der Waals surface area (Å²) in [5, 5.41) is 30.3. The third kappa shape index (κ3) is 4.97. The predicted molar refractivity (Wildman–Crippen MR) is 104 cm³/mol. The van der Waals surface area contributed by atoms with E-state index in [0.29, 0.717) is 16.3 Å². The van der Waals surface area contributed by atoms with Crippen molar-refractivity contribution in [1.82, 2.24) is 0 Å². The van der Waals surface area contributed by atoms with Crippen LogP contribution < -0.4 is 5.11 Å². The monoisotopic (exact) mass is 506 g/mol. The molecular weight excluding hydrogens is 495 g/mol. The van der Waals surface area contributed by atoms with Gasteiger partial charge in [0.2, 0.25) is 0 Å². The van der Waals surface area contributed by atoms with E-state index in [9.17, 15) is 28.0 Å². The number of halogens is 1. The van der Waals surface area contributed by atoms with Gasteiger partial charge in [-0.05, 0) is 36.1 Å². The Bertz CT molecular complexity index is 1260. The number of azo groups is 1. The maximum Gasteiger partial charge on any atom is 0.335 e. The molecule has 0 atom stereocenters. The molecule has 0 bridgehead atoms. The van der Waals surface area contributed by atoms with Crippen LogP contribution in [0.4, 0.5) is 11.4 Å². The van der Waals surface area contributed by atoms with Crippen LogP contribution in [0.2, 0.25) is 5.02 Å². The van der Waals surface area contributed by atoms with Gasteiger partial charge >= 0.3 is 5.97 Å². The van der Waals surface area contributed by atoms with Crippen LogP contribution in [0.25, 0.3) is 10.8 Å². The van der Waals surface area contributed by atoms with Gasteiger partial charge in [-0.15, -0.1) is 0 Å².